The van der Waals surface area contributed by atoms with Crippen molar-refractivity contribution < 1.29 is 4.79 Å². The van der Waals surface area contributed by atoms with E-state index in [1.807, 2.05) is 18.0 Å². The van der Waals surface area contributed by atoms with E-state index in [9.17, 15) is 4.79 Å². The molecule has 0 N–H and O–H groups in total. The molecule has 3 rings (SSSR count). The standard InChI is InChI=1S/C16H24N4O/c1-12(13-6-7-13)19(2)15(21)14-5-3-10-20(11-14)16-17-8-4-9-18-16/h4,8-9,12-14H,3,5-7,10-11H2,1-2H3/t12-,14+/m1/s1. The lowest BCUT2D eigenvalue weighted by atomic mass is 9.96. The van der Waals surface area contributed by atoms with Crippen molar-refractivity contribution in [1.29, 1.82) is 0 Å². The number of carbonyl (C=O) groups excluding carboxylic acids is 1. The molecule has 1 aromatic heterocycles. The predicted octanol–water partition coefficient (Wildman–Crippen LogP) is 1.95. The molecule has 2 atom stereocenters. The monoisotopic (exact) mass is 288 g/mol. The summed E-state index contributed by atoms with van der Waals surface area (Å²) >= 11 is 0. The summed E-state index contributed by atoms with van der Waals surface area (Å²) in [5.41, 5.74) is 0. The second kappa shape index (κ2) is 6.00. The maximum absolute atomic E-state index is 12.7. The highest BCUT2D eigenvalue weighted by molar-refractivity contribution is 5.79. The lowest BCUT2D eigenvalue weighted by Crippen LogP contribution is -2.47. The number of piperidine rings is 1. The van der Waals surface area contributed by atoms with Gasteiger partial charge in [0.2, 0.25) is 11.9 Å². The third-order valence-electron chi connectivity index (χ3n) is 4.87. The summed E-state index contributed by atoms with van der Waals surface area (Å²) in [4.78, 5) is 25.4. The molecule has 114 valence electrons. The van der Waals surface area contributed by atoms with Gasteiger partial charge in [-0.05, 0) is 44.6 Å². The molecule has 1 saturated heterocycles. The average Bonchev–Trinajstić information content (AvgIpc) is 3.38. The average molecular weight is 288 g/mol. The van der Waals surface area contributed by atoms with Crippen LogP contribution >= 0.6 is 0 Å². The largest absolute Gasteiger partial charge is 0.342 e. The van der Waals surface area contributed by atoms with Gasteiger partial charge in [0.15, 0.2) is 0 Å². The molecule has 1 saturated carbocycles. The molecule has 0 aromatic carbocycles. The molecular weight excluding hydrogens is 264 g/mol. The first kappa shape index (κ1) is 14.3. The number of aromatic nitrogens is 2. The zero-order chi connectivity index (χ0) is 14.8. The first-order valence-electron chi connectivity index (χ1n) is 7.95. The lowest BCUT2D eigenvalue weighted by Gasteiger charge is -2.35. The molecule has 0 radical (unpaired) electrons. The summed E-state index contributed by atoms with van der Waals surface area (Å²) in [5, 5.41) is 0. The fourth-order valence-electron chi connectivity index (χ4n) is 3.20. The van der Waals surface area contributed by atoms with Crippen molar-refractivity contribution >= 4 is 11.9 Å². The van der Waals surface area contributed by atoms with Crippen LogP contribution < -0.4 is 4.90 Å². The number of hydrogen-bond donors (Lipinski definition) is 0. The van der Waals surface area contributed by atoms with Crippen molar-refractivity contribution in [2.45, 2.75) is 38.6 Å². The van der Waals surface area contributed by atoms with Gasteiger partial charge in [-0.15, -0.1) is 0 Å². The molecular formula is C16H24N4O. The Morgan fingerprint density at radius 3 is 2.71 bits per heavy atom. The van der Waals surface area contributed by atoms with Crippen molar-refractivity contribution in [2.75, 3.05) is 25.0 Å². The number of rotatable bonds is 4. The minimum atomic E-state index is 0.0776. The van der Waals surface area contributed by atoms with E-state index < -0.39 is 0 Å². The van der Waals surface area contributed by atoms with E-state index in [0.717, 1.165) is 37.8 Å². The fourth-order valence-corrected chi connectivity index (χ4v) is 3.20. The number of hydrogen-bond acceptors (Lipinski definition) is 4. The smallest absolute Gasteiger partial charge is 0.227 e. The van der Waals surface area contributed by atoms with E-state index in [1.54, 1.807) is 12.4 Å². The van der Waals surface area contributed by atoms with Gasteiger partial charge in [0.1, 0.15) is 0 Å². The molecule has 2 aliphatic rings. The van der Waals surface area contributed by atoms with Crippen LogP contribution in [0.2, 0.25) is 0 Å². The number of nitrogens with zero attached hydrogens (tertiary/aromatic N) is 4. The van der Waals surface area contributed by atoms with E-state index in [-0.39, 0.29) is 11.8 Å². The van der Waals surface area contributed by atoms with Crippen molar-refractivity contribution in [3.8, 4) is 0 Å². The molecule has 1 aromatic rings. The first-order valence-corrected chi connectivity index (χ1v) is 7.95. The Morgan fingerprint density at radius 2 is 2.05 bits per heavy atom. The third-order valence-corrected chi connectivity index (χ3v) is 4.87. The van der Waals surface area contributed by atoms with Gasteiger partial charge in [-0.2, -0.15) is 0 Å². The van der Waals surface area contributed by atoms with Gasteiger partial charge in [0, 0.05) is 38.6 Å². The second-order valence-electron chi connectivity index (χ2n) is 6.36. The number of carbonyl (C=O) groups is 1. The summed E-state index contributed by atoms with van der Waals surface area (Å²) in [6, 6.07) is 2.20. The Balaban J connectivity index is 1.64. The fraction of sp³-hybridized carbons (Fsp3) is 0.688. The second-order valence-corrected chi connectivity index (χ2v) is 6.36. The van der Waals surface area contributed by atoms with E-state index in [1.165, 1.54) is 12.8 Å². The molecule has 2 heterocycles. The van der Waals surface area contributed by atoms with Crippen LogP contribution in [0.1, 0.15) is 32.6 Å². The normalized spacial score (nSPS) is 23.7. The quantitative estimate of drug-likeness (QED) is 0.849. The highest BCUT2D eigenvalue weighted by Crippen LogP contribution is 2.35. The van der Waals surface area contributed by atoms with Gasteiger partial charge in [-0.25, -0.2) is 9.97 Å². The molecule has 5 heteroatoms. The first-order chi connectivity index (χ1) is 10.2. The van der Waals surface area contributed by atoms with Crippen molar-refractivity contribution in [1.82, 2.24) is 14.9 Å². The topological polar surface area (TPSA) is 49.3 Å². The van der Waals surface area contributed by atoms with Gasteiger partial charge >= 0.3 is 0 Å². The Morgan fingerprint density at radius 1 is 1.33 bits per heavy atom. The summed E-state index contributed by atoms with van der Waals surface area (Å²) < 4.78 is 0. The van der Waals surface area contributed by atoms with E-state index in [4.69, 9.17) is 0 Å². The van der Waals surface area contributed by atoms with Crippen LogP contribution in [0.3, 0.4) is 0 Å². The number of anilines is 1. The molecule has 0 unspecified atom stereocenters. The van der Waals surface area contributed by atoms with Gasteiger partial charge < -0.3 is 9.80 Å². The molecule has 5 nitrogen and oxygen atoms in total. The van der Waals surface area contributed by atoms with Gasteiger partial charge in [-0.1, -0.05) is 0 Å². The van der Waals surface area contributed by atoms with Crippen LogP contribution in [0, 0.1) is 11.8 Å². The maximum Gasteiger partial charge on any atom is 0.227 e. The SMILES string of the molecule is C[C@H](C1CC1)N(C)C(=O)[C@H]1CCCN(c2ncccn2)C1. The summed E-state index contributed by atoms with van der Waals surface area (Å²) in [5.74, 6) is 1.83. The molecule has 1 amide bonds. The molecule has 0 spiro atoms. The Hall–Kier alpha value is -1.65. The van der Waals surface area contributed by atoms with Gasteiger partial charge in [0.25, 0.3) is 0 Å². The van der Waals surface area contributed by atoms with Crippen LogP contribution in [0.4, 0.5) is 5.95 Å². The highest BCUT2D eigenvalue weighted by atomic mass is 16.2. The summed E-state index contributed by atoms with van der Waals surface area (Å²) in [6.45, 7) is 3.86. The van der Waals surface area contributed by atoms with Crippen LogP contribution in [-0.2, 0) is 4.79 Å². The molecule has 1 aliphatic carbocycles. The van der Waals surface area contributed by atoms with Gasteiger partial charge in [-0.3, -0.25) is 4.79 Å². The van der Waals surface area contributed by atoms with E-state index in [2.05, 4.69) is 21.8 Å². The number of amides is 1. The lowest BCUT2D eigenvalue weighted by molar-refractivity contribution is -0.136. The third kappa shape index (κ3) is 3.17. The highest BCUT2D eigenvalue weighted by Gasteiger charge is 2.36. The van der Waals surface area contributed by atoms with Gasteiger partial charge in [0.05, 0.1) is 5.92 Å². The molecule has 2 fully saturated rings. The van der Waals surface area contributed by atoms with Crippen LogP contribution in [0.15, 0.2) is 18.5 Å². The summed E-state index contributed by atoms with van der Waals surface area (Å²) in [7, 11) is 1.96. The molecule has 21 heavy (non-hydrogen) atoms. The Kier molecular flexibility index (Phi) is 4.08. The van der Waals surface area contributed by atoms with Crippen molar-refractivity contribution in [2.24, 2.45) is 11.8 Å². The zero-order valence-corrected chi connectivity index (χ0v) is 12.9. The van der Waals surface area contributed by atoms with E-state index in [0.29, 0.717) is 6.04 Å². The van der Waals surface area contributed by atoms with Crippen molar-refractivity contribution in [3.05, 3.63) is 18.5 Å². The van der Waals surface area contributed by atoms with E-state index >= 15 is 0 Å². The zero-order valence-electron chi connectivity index (χ0n) is 12.9. The van der Waals surface area contributed by atoms with Crippen LogP contribution in [0.5, 0.6) is 0 Å². The molecule has 0 bridgehead atoms. The van der Waals surface area contributed by atoms with Crippen molar-refractivity contribution in [3.63, 3.8) is 0 Å². The maximum atomic E-state index is 12.7. The Bertz CT molecular complexity index is 488. The van der Waals surface area contributed by atoms with Crippen LogP contribution in [-0.4, -0.2) is 47.0 Å². The minimum Gasteiger partial charge on any atom is -0.342 e. The van der Waals surface area contributed by atoms with Crippen LogP contribution in [0.25, 0.3) is 0 Å². The summed E-state index contributed by atoms with van der Waals surface area (Å²) in [6.07, 6.45) is 8.06. The predicted molar refractivity (Wildman–Crippen MR) is 81.9 cm³/mol. The molecule has 1 aliphatic heterocycles. The minimum absolute atomic E-state index is 0.0776. The Labute approximate surface area is 126 Å².